The molecule has 0 saturated carbocycles. The summed E-state index contributed by atoms with van der Waals surface area (Å²) < 4.78 is 0. The normalized spacial score (nSPS) is 10.7. The van der Waals surface area contributed by atoms with E-state index in [2.05, 4.69) is 0 Å². The van der Waals surface area contributed by atoms with Gasteiger partial charge in [-0.25, -0.2) is 4.79 Å². The van der Waals surface area contributed by atoms with Gasteiger partial charge in [0.15, 0.2) is 0 Å². The van der Waals surface area contributed by atoms with Crippen LogP contribution in [-0.4, -0.2) is 21.9 Å². The van der Waals surface area contributed by atoms with Gasteiger partial charge in [0.25, 0.3) is 0 Å². The van der Waals surface area contributed by atoms with Crippen LogP contribution in [-0.2, 0) is 17.9 Å². The summed E-state index contributed by atoms with van der Waals surface area (Å²) in [5, 5.41) is 9.20. The van der Waals surface area contributed by atoms with Crippen molar-refractivity contribution in [3.63, 3.8) is 0 Å². The first kappa shape index (κ1) is 22.0. The predicted molar refractivity (Wildman–Crippen MR) is 129 cm³/mol. The van der Waals surface area contributed by atoms with Crippen molar-refractivity contribution in [3.8, 4) is 0 Å². The number of rotatable bonds is 8. The molecule has 0 spiro atoms. The van der Waals surface area contributed by atoms with Crippen LogP contribution in [0.1, 0.15) is 38.5 Å². The number of carbonyl (C=O) groups excluding carboxylic acids is 1. The van der Waals surface area contributed by atoms with Gasteiger partial charge in [-0.2, -0.15) is 0 Å². The minimum atomic E-state index is -0.966. The number of carboxylic acids is 1. The van der Waals surface area contributed by atoms with Crippen LogP contribution >= 0.6 is 0 Å². The molecular weight excluding hydrogens is 410 g/mol. The molecule has 0 aromatic heterocycles. The van der Waals surface area contributed by atoms with E-state index in [1.54, 1.807) is 24.3 Å². The van der Waals surface area contributed by atoms with Crippen molar-refractivity contribution in [2.24, 2.45) is 0 Å². The summed E-state index contributed by atoms with van der Waals surface area (Å²) in [4.78, 5) is 27.1. The number of hydrogen-bond donors (Lipinski definition) is 1. The molecule has 4 heteroatoms. The van der Waals surface area contributed by atoms with E-state index < -0.39 is 11.9 Å². The fraction of sp³-hybridized carbons (Fsp3) is 0.103. The molecule has 33 heavy (non-hydrogen) atoms. The molecular formula is C29H25NO3. The Bertz CT molecular complexity index is 1150. The lowest BCUT2D eigenvalue weighted by molar-refractivity contribution is -0.133. The van der Waals surface area contributed by atoms with Gasteiger partial charge in [-0.3, -0.25) is 4.79 Å². The molecule has 0 saturated heterocycles. The van der Waals surface area contributed by atoms with Crippen molar-refractivity contribution in [3.05, 3.63) is 143 Å². The van der Waals surface area contributed by atoms with Crippen molar-refractivity contribution < 1.29 is 14.7 Å². The Labute approximate surface area is 193 Å². The van der Waals surface area contributed by atoms with E-state index >= 15 is 0 Å². The number of benzene rings is 4. The van der Waals surface area contributed by atoms with Gasteiger partial charge >= 0.3 is 5.97 Å². The van der Waals surface area contributed by atoms with Crippen molar-refractivity contribution in [2.75, 3.05) is 0 Å². The van der Waals surface area contributed by atoms with E-state index in [0.29, 0.717) is 13.1 Å². The minimum Gasteiger partial charge on any atom is -0.478 e. The Balaban J connectivity index is 1.70. The molecule has 4 rings (SSSR count). The molecule has 0 atom stereocenters. The molecule has 1 amide bonds. The highest BCUT2D eigenvalue weighted by Crippen LogP contribution is 2.28. The lowest BCUT2D eigenvalue weighted by Crippen LogP contribution is -2.35. The standard InChI is InChI=1S/C29H25NO3/c31-28(27(24-12-6-2-7-13-24)25-14-8-3-9-15-25)30(20-22-10-4-1-5-11-22)21-23-16-18-26(19-17-23)29(32)33/h1-19,27H,20-21H2,(H,32,33). The van der Waals surface area contributed by atoms with Crippen LogP contribution in [0.2, 0.25) is 0 Å². The van der Waals surface area contributed by atoms with Crippen LogP contribution in [0.5, 0.6) is 0 Å². The highest BCUT2D eigenvalue weighted by Gasteiger charge is 2.27. The van der Waals surface area contributed by atoms with Gasteiger partial charge in [-0.1, -0.05) is 103 Å². The Kier molecular flexibility index (Phi) is 6.96. The van der Waals surface area contributed by atoms with Crippen LogP contribution in [0.25, 0.3) is 0 Å². The molecule has 1 N–H and O–H groups in total. The van der Waals surface area contributed by atoms with Crippen molar-refractivity contribution in [1.29, 1.82) is 0 Å². The number of hydrogen-bond acceptors (Lipinski definition) is 2. The molecule has 4 nitrogen and oxygen atoms in total. The largest absolute Gasteiger partial charge is 0.478 e. The summed E-state index contributed by atoms with van der Waals surface area (Å²) in [6.45, 7) is 0.834. The minimum absolute atomic E-state index is 0.00133. The molecule has 4 aromatic carbocycles. The van der Waals surface area contributed by atoms with Crippen LogP contribution in [0, 0.1) is 0 Å². The first-order valence-electron chi connectivity index (χ1n) is 10.9. The SMILES string of the molecule is O=C(O)c1ccc(CN(Cc2ccccc2)C(=O)C(c2ccccc2)c2ccccc2)cc1. The lowest BCUT2D eigenvalue weighted by atomic mass is 9.89. The van der Waals surface area contributed by atoms with Crippen LogP contribution < -0.4 is 0 Å². The topological polar surface area (TPSA) is 57.6 Å². The summed E-state index contributed by atoms with van der Waals surface area (Å²) in [7, 11) is 0. The maximum atomic E-state index is 14.1. The quantitative estimate of drug-likeness (QED) is 0.384. The molecule has 4 aromatic rings. The monoisotopic (exact) mass is 435 g/mol. The predicted octanol–water partition coefficient (Wildman–Crippen LogP) is 5.75. The molecule has 0 fully saturated rings. The number of nitrogens with zero attached hydrogens (tertiary/aromatic N) is 1. The van der Waals surface area contributed by atoms with Gasteiger partial charge in [-0.15, -0.1) is 0 Å². The smallest absolute Gasteiger partial charge is 0.335 e. The Morgan fingerprint density at radius 1 is 0.606 bits per heavy atom. The van der Waals surface area contributed by atoms with Crippen molar-refractivity contribution in [1.82, 2.24) is 4.90 Å². The summed E-state index contributed by atoms with van der Waals surface area (Å²) in [5.41, 5.74) is 4.02. The van der Waals surface area contributed by atoms with Gasteiger partial charge in [0.1, 0.15) is 0 Å². The zero-order valence-corrected chi connectivity index (χ0v) is 18.2. The van der Waals surface area contributed by atoms with Crippen molar-refractivity contribution in [2.45, 2.75) is 19.0 Å². The molecule has 0 aliphatic carbocycles. The van der Waals surface area contributed by atoms with Gasteiger partial charge in [-0.05, 0) is 34.4 Å². The van der Waals surface area contributed by atoms with E-state index in [0.717, 1.165) is 22.3 Å². The first-order chi connectivity index (χ1) is 16.1. The van der Waals surface area contributed by atoms with Crippen LogP contribution in [0.3, 0.4) is 0 Å². The van der Waals surface area contributed by atoms with E-state index in [-0.39, 0.29) is 11.5 Å². The Morgan fingerprint density at radius 2 is 1.03 bits per heavy atom. The van der Waals surface area contributed by atoms with Gasteiger partial charge in [0.05, 0.1) is 11.5 Å². The van der Waals surface area contributed by atoms with Crippen LogP contribution in [0.15, 0.2) is 115 Å². The van der Waals surface area contributed by atoms with E-state index in [9.17, 15) is 14.7 Å². The maximum Gasteiger partial charge on any atom is 0.335 e. The third-order valence-corrected chi connectivity index (χ3v) is 5.62. The fourth-order valence-electron chi connectivity index (χ4n) is 3.94. The number of carbonyl (C=O) groups is 2. The second-order valence-electron chi connectivity index (χ2n) is 7.94. The average Bonchev–Trinajstić information content (AvgIpc) is 2.86. The molecule has 0 aliphatic heterocycles. The molecule has 0 aliphatic rings. The summed E-state index contributed by atoms with van der Waals surface area (Å²) >= 11 is 0. The second-order valence-corrected chi connectivity index (χ2v) is 7.94. The summed E-state index contributed by atoms with van der Waals surface area (Å²) in [6, 6.07) is 36.2. The van der Waals surface area contributed by atoms with Gasteiger partial charge in [0, 0.05) is 13.1 Å². The maximum absolute atomic E-state index is 14.1. The van der Waals surface area contributed by atoms with Crippen molar-refractivity contribution >= 4 is 11.9 Å². The molecule has 0 unspecified atom stereocenters. The van der Waals surface area contributed by atoms with E-state index in [1.165, 1.54) is 0 Å². The Hall–Kier alpha value is -4.18. The highest BCUT2D eigenvalue weighted by molar-refractivity contribution is 5.88. The Morgan fingerprint density at radius 3 is 1.48 bits per heavy atom. The van der Waals surface area contributed by atoms with E-state index in [4.69, 9.17) is 0 Å². The van der Waals surface area contributed by atoms with Gasteiger partial charge < -0.3 is 10.0 Å². The summed E-state index contributed by atoms with van der Waals surface area (Å²) in [6.07, 6.45) is 0. The lowest BCUT2D eigenvalue weighted by Gasteiger charge is -2.28. The zero-order chi connectivity index (χ0) is 23.0. The number of aromatic carboxylic acids is 1. The van der Waals surface area contributed by atoms with Gasteiger partial charge in [0.2, 0.25) is 5.91 Å². The first-order valence-corrected chi connectivity index (χ1v) is 10.9. The molecule has 0 radical (unpaired) electrons. The number of amides is 1. The number of carboxylic acid groups (broad SMARTS) is 1. The zero-order valence-electron chi connectivity index (χ0n) is 18.2. The molecule has 0 heterocycles. The third-order valence-electron chi connectivity index (χ3n) is 5.62. The highest BCUT2D eigenvalue weighted by atomic mass is 16.4. The molecule has 164 valence electrons. The summed E-state index contributed by atoms with van der Waals surface area (Å²) in [5.74, 6) is -1.40. The molecule has 0 bridgehead atoms. The van der Waals surface area contributed by atoms with E-state index in [1.807, 2.05) is 95.9 Å². The fourth-order valence-corrected chi connectivity index (χ4v) is 3.94. The third kappa shape index (κ3) is 5.55. The second kappa shape index (κ2) is 10.4. The average molecular weight is 436 g/mol. The van der Waals surface area contributed by atoms with Crippen LogP contribution in [0.4, 0.5) is 0 Å².